The van der Waals surface area contributed by atoms with Crippen LogP contribution in [0.3, 0.4) is 0 Å². The number of rotatable bonds is 24. The van der Waals surface area contributed by atoms with Crippen molar-refractivity contribution < 1.29 is 38.4 Å². The number of hydrogen-bond acceptors (Lipinski definition) is 8. The summed E-state index contributed by atoms with van der Waals surface area (Å²) in [5, 5.41) is 19.1. The first-order valence-electron chi connectivity index (χ1n) is 46.4. The summed E-state index contributed by atoms with van der Waals surface area (Å²) in [6.07, 6.45) is 15.2. The van der Waals surface area contributed by atoms with Crippen molar-refractivity contribution in [1.29, 1.82) is 0 Å². The Morgan fingerprint density at radius 2 is 0.414 bits per heavy atom. The first kappa shape index (κ1) is 80.0. The van der Waals surface area contributed by atoms with Crippen LogP contribution in [0.15, 0.2) is 218 Å². The minimum atomic E-state index is -0.419. The molecule has 18 aromatic carbocycles. The van der Waals surface area contributed by atoms with Crippen LogP contribution in [-0.4, -0.2) is 47.3 Å². The van der Waals surface area contributed by atoms with Crippen LogP contribution < -0.4 is 19.6 Å². The molecule has 0 aromatic heterocycles. The van der Waals surface area contributed by atoms with Gasteiger partial charge in [0.2, 0.25) is 0 Å². The van der Waals surface area contributed by atoms with E-state index in [1.54, 1.807) is 0 Å². The Balaban J connectivity index is 0.581. The SMILES string of the molecule is CCCCCCCCc1cc(-c2ccc(N3C(=O)c4ccc5c6ccc7c8ccc9c%10c(ccc(c%11ccc(c%12ccc(c4c5%12)C3=O)c6c7%11)c%108)C(=O)N(c3c(C(C)C)cccc3C(C)C)C9=O)cc2)c(CCCCCCCC)cc1-c1ccc(N2C(=O)c3ccc4c5ccc6c7c(ccc(c8ccc(c3c48)C2=O)c75)C(=O)N(c2c(C(C)C)cccc2C(C)C)C6=O)cc1. The molecule has 0 saturated heterocycles. The molecule has 0 saturated carbocycles. The average molecular weight is 1680 g/mol. The Bertz CT molecular complexity index is 7580. The summed E-state index contributed by atoms with van der Waals surface area (Å²) in [7, 11) is 0. The van der Waals surface area contributed by atoms with Gasteiger partial charge in [-0.05, 0) is 275 Å². The number of unbranched alkanes of at least 4 members (excludes halogenated alkanes) is 10. The highest BCUT2D eigenvalue weighted by Crippen LogP contribution is 2.54. The highest BCUT2D eigenvalue weighted by atomic mass is 16.2. The van der Waals surface area contributed by atoms with Crippen molar-refractivity contribution in [2.24, 2.45) is 0 Å². The van der Waals surface area contributed by atoms with Crippen LogP contribution in [0, 0.1) is 0 Å². The van der Waals surface area contributed by atoms with Crippen molar-refractivity contribution in [1.82, 2.24) is 0 Å². The Hall–Kier alpha value is -13.8. The van der Waals surface area contributed by atoms with E-state index in [4.69, 9.17) is 0 Å². The molecule has 0 unspecified atom stereocenters. The van der Waals surface area contributed by atoms with E-state index in [9.17, 15) is 0 Å². The van der Waals surface area contributed by atoms with Gasteiger partial charge in [0.25, 0.3) is 47.3 Å². The van der Waals surface area contributed by atoms with E-state index < -0.39 is 11.8 Å². The number of imide groups is 4. The van der Waals surface area contributed by atoms with Crippen LogP contribution in [-0.2, 0) is 12.8 Å². The predicted molar refractivity (Wildman–Crippen MR) is 524 cm³/mol. The smallest absolute Gasteiger partial charge is 0.266 e. The van der Waals surface area contributed by atoms with Gasteiger partial charge in [0.1, 0.15) is 0 Å². The first-order valence-corrected chi connectivity index (χ1v) is 46.4. The fraction of sp³-hybridized carbons (Fsp3) is 0.241. The third-order valence-electron chi connectivity index (χ3n) is 28.9. The van der Waals surface area contributed by atoms with Gasteiger partial charge in [0.05, 0.1) is 22.7 Å². The van der Waals surface area contributed by atoms with Crippen LogP contribution in [0.2, 0.25) is 0 Å². The second kappa shape index (κ2) is 30.5. The van der Waals surface area contributed by atoms with Crippen molar-refractivity contribution in [3.8, 4) is 22.3 Å². The number of hydrogen-bond donors (Lipinski definition) is 0. The maximum absolute atomic E-state index is 15.5. The number of carbonyl (C=O) groups excluding carboxylic acids is 8. The number of amides is 8. The van der Waals surface area contributed by atoms with E-state index in [1.165, 1.54) is 56.4 Å². The summed E-state index contributed by atoms with van der Waals surface area (Å²) in [5.41, 5.74) is 16.3. The van der Waals surface area contributed by atoms with Crippen molar-refractivity contribution in [3.05, 3.63) is 296 Å². The summed E-state index contributed by atoms with van der Waals surface area (Å²) in [6.45, 7) is 21.2. The zero-order valence-electron chi connectivity index (χ0n) is 74.0. The zero-order valence-corrected chi connectivity index (χ0v) is 74.0. The van der Waals surface area contributed by atoms with Crippen LogP contribution in [0.4, 0.5) is 22.7 Å². The van der Waals surface area contributed by atoms with Crippen LogP contribution in [0.1, 0.15) is 286 Å². The molecule has 0 atom stereocenters. The number of nitrogens with zero attached hydrogens (tertiary/aromatic N) is 4. The van der Waals surface area contributed by atoms with Crippen LogP contribution >= 0.6 is 0 Å². The lowest BCUT2D eigenvalue weighted by Gasteiger charge is -2.33. The zero-order chi connectivity index (χ0) is 88.0. The van der Waals surface area contributed by atoms with Crippen molar-refractivity contribution in [2.45, 2.75) is 183 Å². The molecule has 12 nitrogen and oxygen atoms in total. The van der Waals surface area contributed by atoms with E-state index in [1.807, 2.05) is 133 Å². The Labute approximate surface area is 743 Å². The Morgan fingerprint density at radius 1 is 0.211 bits per heavy atom. The molecule has 4 heterocycles. The molecule has 0 N–H and O–H groups in total. The third-order valence-corrected chi connectivity index (χ3v) is 28.9. The highest BCUT2D eigenvalue weighted by molar-refractivity contribution is 6.50. The normalized spacial score (nSPS) is 14.3. The largest absolute Gasteiger partial charge is 0.268 e. The maximum atomic E-state index is 15.5. The second-order valence-corrected chi connectivity index (χ2v) is 37.6. The number of para-hydroxylation sites is 2. The monoisotopic (exact) mass is 1670 g/mol. The molecule has 4 aliphatic heterocycles. The van der Waals surface area contributed by atoms with Gasteiger partial charge in [-0.2, -0.15) is 0 Å². The maximum Gasteiger partial charge on any atom is 0.266 e. The van der Waals surface area contributed by atoms with Gasteiger partial charge in [-0.15, -0.1) is 0 Å². The summed E-state index contributed by atoms with van der Waals surface area (Å²) < 4.78 is 0. The van der Waals surface area contributed by atoms with Crippen LogP contribution in [0.5, 0.6) is 0 Å². The Kier molecular flexibility index (Phi) is 19.0. The number of aryl methyl sites for hydroxylation is 2. The number of anilines is 4. The van der Waals surface area contributed by atoms with E-state index >= 15 is 38.4 Å². The highest BCUT2D eigenvalue weighted by Gasteiger charge is 2.43. The molecule has 0 fully saturated rings. The van der Waals surface area contributed by atoms with Crippen molar-refractivity contribution in [2.75, 3.05) is 19.6 Å². The number of fused-ring (bicyclic) bond motifs is 6. The van der Waals surface area contributed by atoms with Gasteiger partial charge in [0, 0.05) is 66.1 Å². The van der Waals surface area contributed by atoms with Gasteiger partial charge in [-0.3, -0.25) is 38.4 Å². The molecule has 18 aromatic rings. The van der Waals surface area contributed by atoms with Crippen molar-refractivity contribution >= 4 is 189 Å². The van der Waals surface area contributed by atoms with Gasteiger partial charge >= 0.3 is 0 Å². The van der Waals surface area contributed by atoms with Crippen LogP contribution in [0.25, 0.3) is 141 Å². The summed E-state index contributed by atoms with van der Waals surface area (Å²) in [5.74, 6) is -2.72. The van der Waals surface area contributed by atoms with Gasteiger partial charge < -0.3 is 0 Å². The molecule has 22 rings (SSSR count). The second-order valence-electron chi connectivity index (χ2n) is 37.6. The fourth-order valence-corrected chi connectivity index (χ4v) is 22.8. The minimum Gasteiger partial charge on any atom is -0.268 e. The fourth-order valence-electron chi connectivity index (χ4n) is 22.8. The molecule has 12 heteroatoms. The van der Waals surface area contributed by atoms with E-state index in [0.29, 0.717) is 88.8 Å². The average Bonchev–Trinajstić information content (AvgIpc) is 0.676. The predicted octanol–water partition coefficient (Wildman–Crippen LogP) is 29.5. The molecule has 0 bridgehead atoms. The summed E-state index contributed by atoms with van der Waals surface area (Å²) in [4.78, 5) is 127. The molecule has 0 aliphatic carbocycles. The molecular weight excluding hydrogens is 1580 g/mol. The van der Waals surface area contributed by atoms with E-state index in [-0.39, 0.29) is 59.1 Å². The number of benzene rings is 18. The molecule has 0 spiro atoms. The van der Waals surface area contributed by atoms with Gasteiger partial charge in [-0.25, -0.2) is 19.6 Å². The topological polar surface area (TPSA) is 150 Å². The lowest BCUT2D eigenvalue weighted by Crippen LogP contribution is -2.41. The standard InChI is InChI=1S/C116H98N4O8/c1-11-13-15-17-19-21-25-67-60-96(66-33-37-70(38-34-66)118-111(123)89-53-45-83-85-49-57-93-106-94(58-50-86(102(85)106)84-46-54-90(112(118)124)104(89)100(83)84)116(128)120(115(93)127)108-73(63(7)8)29-24-30-74(108)64(9)10)68(26-22-20-18-16-14-12-2)59-95(67)65-31-35-69(36-32-65)117-109(121)87-51-43-79-75-39-41-77-81-47-55-91-105-92(114(126)119(113(91)125)107-71(61(3)4)27-23-28-72(107)62(5)6)56-48-82(101(81)105)78-42-40-76(97(75)98(77)78)80-44-52-88(110(117)122)103(87)99(79)80/h23-24,27-64H,11-22,25-26H2,1-10H3. The lowest BCUT2D eigenvalue weighted by atomic mass is 9.80. The first-order chi connectivity index (χ1) is 62.2. The van der Waals surface area contributed by atoms with E-state index in [2.05, 4.69) is 154 Å². The summed E-state index contributed by atoms with van der Waals surface area (Å²) in [6, 6.07) is 72.4. The van der Waals surface area contributed by atoms with Crippen molar-refractivity contribution in [3.63, 3.8) is 0 Å². The molecule has 630 valence electrons. The van der Waals surface area contributed by atoms with Gasteiger partial charge in [-0.1, -0.05) is 279 Å². The van der Waals surface area contributed by atoms with E-state index in [0.717, 1.165) is 206 Å². The van der Waals surface area contributed by atoms with Gasteiger partial charge in [0.15, 0.2) is 0 Å². The molecular formula is C116H98N4O8. The summed E-state index contributed by atoms with van der Waals surface area (Å²) >= 11 is 0. The quantitative estimate of drug-likeness (QED) is 0.0251. The molecule has 4 aliphatic rings. The minimum absolute atomic E-state index is 0.0545. The number of carbonyl (C=O) groups is 8. The third kappa shape index (κ3) is 11.7. The molecule has 128 heavy (non-hydrogen) atoms. The molecule has 0 radical (unpaired) electrons. The lowest BCUT2D eigenvalue weighted by molar-refractivity contribution is 0.0877. The molecule has 8 amide bonds. The Morgan fingerprint density at radius 3 is 0.641 bits per heavy atom.